The number of anilines is 1. The van der Waals surface area contributed by atoms with Gasteiger partial charge >= 0.3 is 5.97 Å². The number of nitrogens with zero attached hydrogens (tertiary/aromatic N) is 1. The van der Waals surface area contributed by atoms with Crippen LogP contribution < -0.4 is 5.73 Å². The Kier molecular flexibility index (Phi) is 3.84. The second-order valence-electron chi connectivity index (χ2n) is 5.12. The van der Waals surface area contributed by atoms with E-state index in [1.807, 2.05) is 12.1 Å². The molecule has 1 aliphatic carbocycles. The predicted octanol–water partition coefficient (Wildman–Crippen LogP) is 2.66. The number of hydrogen-bond acceptors (Lipinski definition) is 3. The molecule has 0 radical (unpaired) electrons. The Morgan fingerprint density at radius 2 is 2.33 bits per heavy atom. The third-order valence-corrected chi connectivity index (χ3v) is 4.12. The van der Waals surface area contributed by atoms with E-state index >= 15 is 0 Å². The monoisotopic (exact) mass is 248 g/mol. The van der Waals surface area contributed by atoms with Crippen LogP contribution in [0.25, 0.3) is 0 Å². The summed E-state index contributed by atoms with van der Waals surface area (Å²) in [5.41, 5.74) is 6.80. The fourth-order valence-corrected chi connectivity index (χ4v) is 3.01. The molecule has 18 heavy (non-hydrogen) atoms. The van der Waals surface area contributed by atoms with E-state index in [2.05, 4.69) is 11.9 Å². The molecule has 2 rings (SSSR count). The van der Waals surface area contributed by atoms with Gasteiger partial charge in [-0.3, -0.25) is 4.79 Å². The van der Waals surface area contributed by atoms with E-state index in [9.17, 15) is 9.90 Å². The lowest BCUT2D eigenvalue weighted by molar-refractivity contribution is -0.143. The Morgan fingerprint density at radius 1 is 1.56 bits per heavy atom. The zero-order chi connectivity index (χ0) is 13.1. The molecule has 0 aromatic carbocycles. The van der Waals surface area contributed by atoms with Crippen LogP contribution >= 0.6 is 0 Å². The molecule has 0 amide bonds. The molecule has 0 bridgehead atoms. The quantitative estimate of drug-likeness (QED) is 0.862. The van der Waals surface area contributed by atoms with Gasteiger partial charge in [-0.1, -0.05) is 19.4 Å². The summed E-state index contributed by atoms with van der Waals surface area (Å²) in [5.74, 6) is 0.0581. The van der Waals surface area contributed by atoms with Crippen molar-refractivity contribution in [2.75, 3.05) is 5.73 Å². The standard InChI is InChI=1S/C14H20N2O2/c1-2-9-5-6-11(14(17)18)12(8-9)10-4-3-7-16-13(10)15/h3-4,7,9,11-12H,2,5-6,8H2,1H3,(H2,15,16)(H,17,18). The maximum atomic E-state index is 11.4. The van der Waals surface area contributed by atoms with Gasteiger partial charge in [0.15, 0.2) is 0 Å². The number of nitrogens with two attached hydrogens (primary N) is 1. The highest BCUT2D eigenvalue weighted by molar-refractivity contribution is 5.72. The van der Waals surface area contributed by atoms with Gasteiger partial charge in [0, 0.05) is 12.1 Å². The van der Waals surface area contributed by atoms with E-state index in [1.54, 1.807) is 6.20 Å². The molecular weight excluding hydrogens is 228 g/mol. The molecule has 1 aromatic rings. The number of aliphatic carboxylic acids is 1. The van der Waals surface area contributed by atoms with E-state index in [-0.39, 0.29) is 11.8 Å². The van der Waals surface area contributed by atoms with Crippen molar-refractivity contribution in [3.63, 3.8) is 0 Å². The summed E-state index contributed by atoms with van der Waals surface area (Å²) in [4.78, 5) is 15.5. The molecule has 4 nitrogen and oxygen atoms in total. The molecule has 98 valence electrons. The van der Waals surface area contributed by atoms with E-state index in [4.69, 9.17) is 5.73 Å². The van der Waals surface area contributed by atoms with Crippen LogP contribution in [-0.2, 0) is 4.79 Å². The number of aromatic nitrogens is 1. The van der Waals surface area contributed by atoms with Gasteiger partial charge in [-0.25, -0.2) is 4.98 Å². The van der Waals surface area contributed by atoms with Gasteiger partial charge in [0.25, 0.3) is 0 Å². The Labute approximate surface area is 107 Å². The molecule has 3 atom stereocenters. The third kappa shape index (κ3) is 2.47. The highest BCUT2D eigenvalue weighted by Gasteiger charge is 2.36. The fourth-order valence-electron chi connectivity index (χ4n) is 3.01. The molecule has 3 N–H and O–H groups in total. The maximum absolute atomic E-state index is 11.4. The molecule has 1 saturated carbocycles. The van der Waals surface area contributed by atoms with Crippen LogP contribution in [0.4, 0.5) is 5.82 Å². The van der Waals surface area contributed by atoms with Crippen molar-refractivity contribution in [2.45, 2.75) is 38.5 Å². The van der Waals surface area contributed by atoms with Gasteiger partial charge in [0.1, 0.15) is 5.82 Å². The zero-order valence-corrected chi connectivity index (χ0v) is 10.7. The highest BCUT2D eigenvalue weighted by Crippen LogP contribution is 2.43. The first-order chi connectivity index (χ1) is 8.63. The Morgan fingerprint density at radius 3 is 2.94 bits per heavy atom. The number of rotatable bonds is 3. The lowest BCUT2D eigenvalue weighted by atomic mass is 9.70. The number of carbonyl (C=O) groups is 1. The average molecular weight is 248 g/mol. The van der Waals surface area contributed by atoms with E-state index in [0.717, 1.165) is 31.2 Å². The SMILES string of the molecule is CCC1CCC(C(=O)O)C(c2cccnc2N)C1. The molecule has 1 aromatic heterocycles. The first kappa shape index (κ1) is 12.9. The lowest BCUT2D eigenvalue weighted by Crippen LogP contribution is -2.29. The minimum atomic E-state index is -0.710. The van der Waals surface area contributed by atoms with Crippen LogP contribution in [-0.4, -0.2) is 16.1 Å². The Bertz CT molecular complexity index is 434. The third-order valence-electron chi connectivity index (χ3n) is 4.12. The van der Waals surface area contributed by atoms with Gasteiger partial charge in [-0.15, -0.1) is 0 Å². The molecular formula is C14H20N2O2. The van der Waals surface area contributed by atoms with Crippen molar-refractivity contribution in [3.8, 4) is 0 Å². The maximum Gasteiger partial charge on any atom is 0.307 e. The van der Waals surface area contributed by atoms with Crippen molar-refractivity contribution in [1.82, 2.24) is 4.98 Å². The van der Waals surface area contributed by atoms with Crippen molar-refractivity contribution < 1.29 is 9.90 Å². The molecule has 0 spiro atoms. The minimum absolute atomic E-state index is 0.00917. The zero-order valence-electron chi connectivity index (χ0n) is 10.7. The van der Waals surface area contributed by atoms with Gasteiger partial charge in [0.05, 0.1) is 5.92 Å². The summed E-state index contributed by atoms with van der Waals surface area (Å²) in [6, 6.07) is 3.75. The number of nitrogen functional groups attached to an aromatic ring is 1. The second kappa shape index (κ2) is 5.38. The topological polar surface area (TPSA) is 76.2 Å². The summed E-state index contributed by atoms with van der Waals surface area (Å²) in [6.45, 7) is 2.16. The molecule has 1 heterocycles. The first-order valence-electron chi connectivity index (χ1n) is 6.56. The van der Waals surface area contributed by atoms with Crippen LogP contribution in [0.15, 0.2) is 18.3 Å². The van der Waals surface area contributed by atoms with E-state index < -0.39 is 5.97 Å². The largest absolute Gasteiger partial charge is 0.481 e. The van der Waals surface area contributed by atoms with E-state index in [1.165, 1.54) is 0 Å². The molecule has 1 aliphatic rings. The molecule has 1 fully saturated rings. The van der Waals surface area contributed by atoms with Crippen LogP contribution in [0.5, 0.6) is 0 Å². The molecule has 4 heteroatoms. The van der Waals surface area contributed by atoms with Gasteiger partial charge in [0.2, 0.25) is 0 Å². The van der Waals surface area contributed by atoms with Crippen molar-refractivity contribution in [3.05, 3.63) is 23.9 Å². The summed E-state index contributed by atoms with van der Waals surface area (Å²) in [5, 5.41) is 9.36. The number of carboxylic acids is 1. The van der Waals surface area contributed by atoms with Crippen molar-refractivity contribution >= 4 is 11.8 Å². The summed E-state index contributed by atoms with van der Waals surface area (Å²) in [6.07, 6.45) is 5.40. The number of pyridine rings is 1. The Hall–Kier alpha value is -1.58. The second-order valence-corrected chi connectivity index (χ2v) is 5.12. The molecule has 0 saturated heterocycles. The Balaban J connectivity index is 2.30. The van der Waals surface area contributed by atoms with Gasteiger partial charge < -0.3 is 10.8 Å². The van der Waals surface area contributed by atoms with E-state index in [0.29, 0.717) is 11.7 Å². The number of hydrogen-bond donors (Lipinski definition) is 2. The summed E-state index contributed by atoms with van der Waals surface area (Å²) < 4.78 is 0. The summed E-state index contributed by atoms with van der Waals surface area (Å²) >= 11 is 0. The lowest BCUT2D eigenvalue weighted by Gasteiger charge is -2.34. The van der Waals surface area contributed by atoms with Crippen molar-refractivity contribution in [2.24, 2.45) is 11.8 Å². The van der Waals surface area contributed by atoms with Crippen molar-refractivity contribution in [1.29, 1.82) is 0 Å². The number of carboxylic acid groups (broad SMARTS) is 1. The van der Waals surface area contributed by atoms with Crippen LogP contribution in [0, 0.1) is 11.8 Å². The van der Waals surface area contributed by atoms with Gasteiger partial charge in [-0.05, 0) is 36.8 Å². The molecule has 3 unspecified atom stereocenters. The van der Waals surface area contributed by atoms with Gasteiger partial charge in [-0.2, -0.15) is 0 Å². The van der Waals surface area contributed by atoms with Crippen LogP contribution in [0.1, 0.15) is 44.1 Å². The summed E-state index contributed by atoms with van der Waals surface area (Å²) in [7, 11) is 0. The average Bonchev–Trinajstić information content (AvgIpc) is 2.38. The first-order valence-corrected chi connectivity index (χ1v) is 6.56. The predicted molar refractivity (Wildman–Crippen MR) is 70.1 cm³/mol. The normalized spacial score (nSPS) is 27.9. The highest BCUT2D eigenvalue weighted by atomic mass is 16.4. The smallest absolute Gasteiger partial charge is 0.307 e. The molecule has 0 aliphatic heterocycles. The van der Waals surface area contributed by atoms with Crippen LogP contribution in [0.3, 0.4) is 0 Å². The fraction of sp³-hybridized carbons (Fsp3) is 0.571. The minimum Gasteiger partial charge on any atom is -0.481 e. The van der Waals surface area contributed by atoms with Crippen LogP contribution in [0.2, 0.25) is 0 Å².